The lowest BCUT2D eigenvalue weighted by atomic mass is 10.1. The molecule has 0 aliphatic rings. The molecule has 0 aliphatic carbocycles. The van der Waals surface area contributed by atoms with Gasteiger partial charge in [-0.15, -0.1) is 0 Å². The third-order valence-electron chi connectivity index (χ3n) is 4.04. The van der Waals surface area contributed by atoms with E-state index in [-0.39, 0.29) is 16.9 Å². The normalized spacial score (nSPS) is 10.5. The number of methoxy groups -OCH3 is 1. The van der Waals surface area contributed by atoms with Crippen LogP contribution in [0.4, 0.5) is 4.39 Å². The average molecular weight is 368 g/mol. The van der Waals surface area contributed by atoms with Crippen LogP contribution in [0.3, 0.4) is 0 Å². The molecule has 0 N–H and O–H groups in total. The number of nitrogens with zero attached hydrogens (tertiary/aromatic N) is 2. The van der Waals surface area contributed by atoms with Gasteiger partial charge in [-0.05, 0) is 37.3 Å². The van der Waals surface area contributed by atoms with E-state index in [9.17, 15) is 14.0 Å². The Kier molecular flexibility index (Phi) is 5.30. The van der Waals surface area contributed by atoms with Gasteiger partial charge in [0.2, 0.25) is 0 Å². The molecule has 27 heavy (non-hydrogen) atoms. The van der Waals surface area contributed by atoms with Crippen LogP contribution in [-0.2, 0) is 4.74 Å². The van der Waals surface area contributed by atoms with E-state index in [1.165, 1.54) is 25.4 Å². The van der Waals surface area contributed by atoms with E-state index in [1.807, 2.05) is 30.3 Å². The molecule has 2 aromatic carbocycles. The van der Waals surface area contributed by atoms with Crippen LogP contribution in [0.15, 0.2) is 54.7 Å². The van der Waals surface area contributed by atoms with Gasteiger partial charge in [0.05, 0.1) is 24.7 Å². The first-order chi connectivity index (χ1) is 13.0. The molecule has 138 valence electrons. The van der Waals surface area contributed by atoms with Crippen LogP contribution in [0.25, 0.3) is 5.69 Å². The number of hydrogen-bond donors (Lipinski definition) is 0. The fourth-order valence-electron chi connectivity index (χ4n) is 2.57. The molecule has 0 spiro atoms. The third kappa shape index (κ3) is 3.87. The van der Waals surface area contributed by atoms with Gasteiger partial charge in [-0.2, -0.15) is 5.10 Å². The van der Waals surface area contributed by atoms with Crippen molar-refractivity contribution >= 4 is 11.8 Å². The zero-order valence-corrected chi connectivity index (χ0v) is 14.8. The molecule has 7 heteroatoms. The number of hydrogen-bond acceptors (Lipinski definition) is 5. The van der Waals surface area contributed by atoms with Gasteiger partial charge in [0.1, 0.15) is 5.56 Å². The van der Waals surface area contributed by atoms with Crippen LogP contribution in [-0.4, -0.2) is 35.2 Å². The largest absolute Gasteiger partial charge is 0.494 e. The Morgan fingerprint density at radius 3 is 2.56 bits per heavy atom. The molecule has 0 atom stereocenters. The summed E-state index contributed by atoms with van der Waals surface area (Å²) in [5, 5.41) is 4.19. The Bertz CT molecular complexity index is 983. The highest BCUT2D eigenvalue weighted by Gasteiger charge is 2.18. The first kappa shape index (κ1) is 18.3. The van der Waals surface area contributed by atoms with Gasteiger partial charge in [-0.3, -0.25) is 4.79 Å². The van der Waals surface area contributed by atoms with Gasteiger partial charge in [0.25, 0.3) is 0 Å². The Hall–Kier alpha value is -3.48. The molecule has 0 aliphatic heterocycles. The topological polar surface area (TPSA) is 70.4 Å². The van der Waals surface area contributed by atoms with Gasteiger partial charge in [-0.1, -0.05) is 18.2 Å². The Morgan fingerprint density at radius 2 is 1.89 bits per heavy atom. The minimum atomic E-state index is -0.669. The van der Waals surface area contributed by atoms with Crippen LogP contribution in [0.2, 0.25) is 0 Å². The van der Waals surface area contributed by atoms with Crippen molar-refractivity contribution in [1.29, 1.82) is 0 Å². The molecular formula is C20H17FN2O4. The van der Waals surface area contributed by atoms with Crippen LogP contribution in [0.5, 0.6) is 5.75 Å². The number of aromatic nitrogens is 2. The minimum Gasteiger partial charge on any atom is -0.494 e. The molecule has 6 nitrogen and oxygen atoms in total. The number of carbonyl (C=O) groups is 2. The van der Waals surface area contributed by atoms with Crippen LogP contribution < -0.4 is 4.74 Å². The summed E-state index contributed by atoms with van der Waals surface area (Å²) in [6.07, 6.45) is 1.39. The SMILES string of the molecule is COc1ccc(C(=O)COC(=O)c2cnn(-c3ccccc3)c2C)cc1F. The number of Topliss-reactive ketones (excluding diaryl/α,β-unsaturated/α-hetero) is 1. The molecule has 3 rings (SSSR count). The maximum absolute atomic E-state index is 13.7. The lowest BCUT2D eigenvalue weighted by Crippen LogP contribution is -2.15. The molecule has 0 bridgehead atoms. The van der Waals surface area contributed by atoms with Crippen molar-refractivity contribution in [3.63, 3.8) is 0 Å². The second kappa shape index (κ2) is 7.82. The van der Waals surface area contributed by atoms with Crippen LogP contribution >= 0.6 is 0 Å². The fraction of sp³-hybridized carbons (Fsp3) is 0.150. The van der Waals surface area contributed by atoms with Gasteiger partial charge in [0.15, 0.2) is 24.0 Å². The molecule has 3 aromatic rings. The van der Waals surface area contributed by atoms with E-state index in [4.69, 9.17) is 9.47 Å². The highest BCUT2D eigenvalue weighted by atomic mass is 19.1. The van der Waals surface area contributed by atoms with Gasteiger partial charge in [0, 0.05) is 5.56 Å². The summed E-state index contributed by atoms with van der Waals surface area (Å²) >= 11 is 0. The van der Waals surface area contributed by atoms with Crippen molar-refractivity contribution in [2.45, 2.75) is 6.92 Å². The highest BCUT2D eigenvalue weighted by Crippen LogP contribution is 2.18. The summed E-state index contributed by atoms with van der Waals surface area (Å²) in [4.78, 5) is 24.4. The second-order valence-corrected chi connectivity index (χ2v) is 5.74. The summed E-state index contributed by atoms with van der Waals surface area (Å²) in [5.41, 5.74) is 1.75. The van der Waals surface area contributed by atoms with E-state index in [2.05, 4.69) is 5.10 Å². The number of ether oxygens (including phenoxy) is 2. The van der Waals surface area contributed by atoms with Crippen LogP contribution in [0, 0.1) is 12.7 Å². The number of esters is 1. The van der Waals surface area contributed by atoms with E-state index >= 15 is 0 Å². The zero-order chi connectivity index (χ0) is 19.4. The van der Waals surface area contributed by atoms with Crippen molar-refractivity contribution in [2.75, 3.05) is 13.7 Å². The minimum absolute atomic E-state index is 0.0347. The second-order valence-electron chi connectivity index (χ2n) is 5.74. The van der Waals surface area contributed by atoms with Crippen molar-refractivity contribution in [2.24, 2.45) is 0 Å². The van der Waals surface area contributed by atoms with Crippen molar-refractivity contribution in [3.05, 3.63) is 77.4 Å². The van der Waals surface area contributed by atoms with Crippen molar-refractivity contribution < 1.29 is 23.5 Å². The number of para-hydroxylation sites is 1. The number of carbonyl (C=O) groups excluding carboxylic acids is 2. The van der Waals surface area contributed by atoms with Gasteiger partial charge >= 0.3 is 5.97 Å². The average Bonchev–Trinajstić information content (AvgIpc) is 3.08. The zero-order valence-electron chi connectivity index (χ0n) is 14.8. The molecule has 0 saturated carbocycles. The monoisotopic (exact) mass is 368 g/mol. The van der Waals surface area contributed by atoms with E-state index in [0.717, 1.165) is 11.8 Å². The summed E-state index contributed by atoms with van der Waals surface area (Å²) in [6, 6.07) is 13.1. The molecule has 1 aromatic heterocycles. The van der Waals surface area contributed by atoms with E-state index < -0.39 is 24.2 Å². The molecule has 0 saturated heterocycles. The molecular weight excluding hydrogens is 351 g/mol. The van der Waals surface area contributed by atoms with Crippen molar-refractivity contribution in [3.8, 4) is 11.4 Å². The first-order valence-electron chi connectivity index (χ1n) is 8.15. The third-order valence-corrected chi connectivity index (χ3v) is 4.04. The Labute approximate surface area is 155 Å². The van der Waals surface area contributed by atoms with E-state index in [1.54, 1.807) is 11.6 Å². The van der Waals surface area contributed by atoms with Crippen LogP contribution in [0.1, 0.15) is 26.4 Å². The number of halogens is 1. The molecule has 1 heterocycles. The highest BCUT2D eigenvalue weighted by molar-refractivity contribution is 5.99. The predicted octanol–water partition coefficient (Wildman–Crippen LogP) is 3.37. The maximum atomic E-state index is 13.7. The molecule has 0 unspecified atom stereocenters. The lowest BCUT2D eigenvalue weighted by Gasteiger charge is -2.07. The first-order valence-corrected chi connectivity index (χ1v) is 8.15. The summed E-state index contributed by atoms with van der Waals surface area (Å²) in [5.74, 6) is -1.81. The molecule has 0 amide bonds. The molecule has 0 fully saturated rings. The van der Waals surface area contributed by atoms with Crippen molar-refractivity contribution in [1.82, 2.24) is 9.78 Å². The predicted molar refractivity (Wildman–Crippen MR) is 95.9 cm³/mol. The summed E-state index contributed by atoms with van der Waals surface area (Å²) in [6.45, 7) is 1.23. The summed E-state index contributed by atoms with van der Waals surface area (Å²) in [7, 11) is 1.33. The Morgan fingerprint density at radius 1 is 1.15 bits per heavy atom. The fourth-order valence-corrected chi connectivity index (χ4v) is 2.57. The summed E-state index contributed by atoms with van der Waals surface area (Å²) < 4.78 is 25.2. The molecule has 0 radical (unpaired) electrons. The number of ketones is 1. The van der Waals surface area contributed by atoms with Gasteiger partial charge in [-0.25, -0.2) is 13.9 Å². The maximum Gasteiger partial charge on any atom is 0.342 e. The Balaban J connectivity index is 1.69. The van der Waals surface area contributed by atoms with Gasteiger partial charge < -0.3 is 9.47 Å². The smallest absolute Gasteiger partial charge is 0.342 e. The number of benzene rings is 2. The lowest BCUT2D eigenvalue weighted by molar-refractivity contribution is 0.0474. The standard InChI is InChI=1S/C20H17FN2O4/c1-13-16(11-22-23(13)15-6-4-3-5-7-15)20(25)27-12-18(24)14-8-9-19(26-2)17(21)10-14/h3-11H,12H2,1-2H3. The number of rotatable bonds is 6. The quantitative estimate of drug-likeness (QED) is 0.493. The van der Waals surface area contributed by atoms with E-state index in [0.29, 0.717) is 5.69 Å².